The van der Waals surface area contributed by atoms with Crippen LogP contribution in [0.3, 0.4) is 0 Å². The molecule has 0 radical (unpaired) electrons. The first kappa shape index (κ1) is 14.4. The maximum absolute atomic E-state index is 5.73. The Balaban J connectivity index is 2.09. The van der Waals surface area contributed by atoms with Gasteiger partial charge in [0.1, 0.15) is 0 Å². The molecule has 0 heterocycles. The molecule has 1 saturated carbocycles. The fourth-order valence-electron chi connectivity index (χ4n) is 3.19. The van der Waals surface area contributed by atoms with Crippen molar-refractivity contribution in [1.29, 1.82) is 0 Å². The Kier molecular flexibility index (Phi) is 4.51. The molecule has 0 aliphatic heterocycles. The van der Waals surface area contributed by atoms with E-state index in [9.17, 15) is 0 Å². The first-order valence-electron chi connectivity index (χ1n) is 7.54. The minimum absolute atomic E-state index is 0.536. The maximum atomic E-state index is 5.73. The Bertz CT molecular complexity index is 401. The molecule has 1 fully saturated rings. The predicted octanol–water partition coefficient (Wildman–Crippen LogP) is 3.59. The molecular weight excluding hydrogens is 232 g/mol. The third-order valence-corrected chi connectivity index (χ3v) is 4.64. The third-order valence-electron chi connectivity index (χ3n) is 4.64. The zero-order valence-electron chi connectivity index (χ0n) is 12.7. The highest BCUT2D eigenvalue weighted by Crippen LogP contribution is 2.38. The fourth-order valence-corrected chi connectivity index (χ4v) is 3.19. The normalized spacial score (nSPS) is 19.4. The minimum Gasteiger partial charge on any atom is -0.371 e. The lowest BCUT2D eigenvalue weighted by atomic mass is 9.75. The number of benzene rings is 1. The first-order chi connectivity index (χ1) is 9.03. The lowest BCUT2D eigenvalue weighted by molar-refractivity contribution is 0.222. The van der Waals surface area contributed by atoms with Gasteiger partial charge in [-0.15, -0.1) is 0 Å². The van der Waals surface area contributed by atoms with Gasteiger partial charge < -0.3 is 10.6 Å². The molecule has 0 atom stereocenters. The predicted molar refractivity (Wildman–Crippen MR) is 83.6 cm³/mol. The van der Waals surface area contributed by atoms with Crippen LogP contribution in [0.5, 0.6) is 0 Å². The molecule has 2 rings (SSSR count). The van der Waals surface area contributed by atoms with Gasteiger partial charge in [0.25, 0.3) is 0 Å². The van der Waals surface area contributed by atoms with E-state index in [0.29, 0.717) is 11.5 Å². The van der Waals surface area contributed by atoms with Crippen molar-refractivity contribution in [2.24, 2.45) is 11.1 Å². The SMILES string of the molecule is CN(c1ccccc1CCN)C1CCC(C)(C)CC1. The van der Waals surface area contributed by atoms with Gasteiger partial charge in [-0.05, 0) is 55.7 Å². The molecule has 2 nitrogen and oxygen atoms in total. The van der Waals surface area contributed by atoms with Gasteiger partial charge >= 0.3 is 0 Å². The van der Waals surface area contributed by atoms with Crippen LogP contribution < -0.4 is 10.6 Å². The summed E-state index contributed by atoms with van der Waals surface area (Å²) in [5.41, 5.74) is 9.02. The second-order valence-corrected chi connectivity index (χ2v) is 6.67. The van der Waals surface area contributed by atoms with E-state index in [1.165, 1.54) is 36.9 Å². The molecule has 0 saturated heterocycles. The second kappa shape index (κ2) is 5.96. The maximum Gasteiger partial charge on any atom is 0.0399 e. The van der Waals surface area contributed by atoms with Crippen LogP contribution in [0, 0.1) is 5.41 Å². The largest absolute Gasteiger partial charge is 0.371 e. The Morgan fingerprint density at radius 1 is 1.21 bits per heavy atom. The topological polar surface area (TPSA) is 29.3 Å². The average molecular weight is 260 g/mol. The monoisotopic (exact) mass is 260 g/mol. The Morgan fingerprint density at radius 3 is 2.47 bits per heavy atom. The van der Waals surface area contributed by atoms with E-state index in [1.54, 1.807) is 0 Å². The summed E-state index contributed by atoms with van der Waals surface area (Å²) in [5, 5.41) is 0. The molecule has 1 aromatic rings. The summed E-state index contributed by atoms with van der Waals surface area (Å²) in [6.07, 6.45) is 6.25. The quantitative estimate of drug-likeness (QED) is 0.896. The minimum atomic E-state index is 0.536. The number of anilines is 1. The molecule has 0 amide bonds. The average Bonchev–Trinajstić information content (AvgIpc) is 2.39. The van der Waals surface area contributed by atoms with E-state index < -0.39 is 0 Å². The van der Waals surface area contributed by atoms with Crippen LogP contribution in [-0.4, -0.2) is 19.6 Å². The highest BCUT2D eigenvalue weighted by atomic mass is 15.1. The molecule has 1 aliphatic carbocycles. The van der Waals surface area contributed by atoms with Gasteiger partial charge in [-0.25, -0.2) is 0 Å². The summed E-state index contributed by atoms with van der Waals surface area (Å²) in [6.45, 7) is 5.51. The number of rotatable bonds is 4. The number of nitrogens with two attached hydrogens (primary N) is 1. The lowest BCUT2D eigenvalue weighted by Gasteiger charge is -2.40. The standard InChI is InChI=1S/C17H28N2/c1-17(2)11-8-15(9-12-17)19(3)16-7-5-4-6-14(16)10-13-18/h4-7,15H,8-13,18H2,1-3H3. The molecule has 1 aromatic carbocycles. The highest BCUT2D eigenvalue weighted by Gasteiger charge is 2.29. The number of hydrogen-bond donors (Lipinski definition) is 1. The Morgan fingerprint density at radius 2 is 1.84 bits per heavy atom. The van der Waals surface area contributed by atoms with Crippen LogP contribution in [0.15, 0.2) is 24.3 Å². The van der Waals surface area contributed by atoms with Gasteiger partial charge in [0.05, 0.1) is 0 Å². The summed E-state index contributed by atoms with van der Waals surface area (Å²) in [7, 11) is 2.25. The van der Waals surface area contributed by atoms with Crippen molar-refractivity contribution in [3.05, 3.63) is 29.8 Å². The van der Waals surface area contributed by atoms with Crippen molar-refractivity contribution in [1.82, 2.24) is 0 Å². The van der Waals surface area contributed by atoms with E-state index in [0.717, 1.165) is 13.0 Å². The van der Waals surface area contributed by atoms with Gasteiger partial charge in [-0.1, -0.05) is 32.0 Å². The van der Waals surface area contributed by atoms with Crippen molar-refractivity contribution < 1.29 is 0 Å². The zero-order valence-corrected chi connectivity index (χ0v) is 12.7. The van der Waals surface area contributed by atoms with Crippen LogP contribution in [-0.2, 0) is 6.42 Å². The molecule has 1 aliphatic rings. The zero-order chi connectivity index (χ0) is 13.9. The van der Waals surface area contributed by atoms with E-state index in [2.05, 4.69) is 50.1 Å². The molecule has 2 N–H and O–H groups in total. The van der Waals surface area contributed by atoms with Crippen molar-refractivity contribution in [2.45, 2.75) is 52.0 Å². The van der Waals surface area contributed by atoms with Gasteiger partial charge in [0, 0.05) is 18.8 Å². The lowest BCUT2D eigenvalue weighted by Crippen LogP contribution is -2.37. The first-order valence-corrected chi connectivity index (χ1v) is 7.54. The molecule has 106 valence electrons. The third kappa shape index (κ3) is 3.50. The van der Waals surface area contributed by atoms with Gasteiger partial charge in [0.15, 0.2) is 0 Å². The van der Waals surface area contributed by atoms with Gasteiger partial charge in [-0.2, -0.15) is 0 Å². The van der Waals surface area contributed by atoms with E-state index in [-0.39, 0.29) is 0 Å². The number of para-hydroxylation sites is 1. The summed E-state index contributed by atoms with van der Waals surface area (Å²) >= 11 is 0. The van der Waals surface area contributed by atoms with Crippen LogP contribution in [0.1, 0.15) is 45.1 Å². The summed E-state index contributed by atoms with van der Waals surface area (Å²) < 4.78 is 0. The molecule has 19 heavy (non-hydrogen) atoms. The fraction of sp³-hybridized carbons (Fsp3) is 0.647. The number of hydrogen-bond acceptors (Lipinski definition) is 2. The highest BCUT2D eigenvalue weighted by molar-refractivity contribution is 5.54. The van der Waals surface area contributed by atoms with Crippen LogP contribution in [0.2, 0.25) is 0 Å². The summed E-state index contributed by atoms with van der Waals surface area (Å²) in [5.74, 6) is 0. The van der Waals surface area contributed by atoms with Crippen LogP contribution in [0.4, 0.5) is 5.69 Å². The number of nitrogens with zero attached hydrogens (tertiary/aromatic N) is 1. The smallest absolute Gasteiger partial charge is 0.0399 e. The summed E-state index contributed by atoms with van der Waals surface area (Å²) in [4.78, 5) is 2.49. The van der Waals surface area contributed by atoms with Crippen molar-refractivity contribution in [3.63, 3.8) is 0 Å². The van der Waals surface area contributed by atoms with Gasteiger partial charge in [-0.3, -0.25) is 0 Å². The van der Waals surface area contributed by atoms with Crippen molar-refractivity contribution in [3.8, 4) is 0 Å². The summed E-state index contributed by atoms with van der Waals surface area (Å²) in [6, 6.07) is 9.40. The molecule has 0 unspecified atom stereocenters. The van der Waals surface area contributed by atoms with Crippen LogP contribution >= 0.6 is 0 Å². The second-order valence-electron chi connectivity index (χ2n) is 6.67. The van der Waals surface area contributed by atoms with Crippen LogP contribution in [0.25, 0.3) is 0 Å². The van der Waals surface area contributed by atoms with Crippen molar-refractivity contribution >= 4 is 5.69 Å². The molecule has 0 aromatic heterocycles. The van der Waals surface area contributed by atoms with E-state index >= 15 is 0 Å². The van der Waals surface area contributed by atoms with E-state index in [1.807, 2.05) is 0 Å². The van der Waals surface area contributed by atoms with E-state index in [4.69, 9.17) is 5.73 Å². The molecule has 0 bridgehead atoms. The molecular formula is C17H28N2. The van der Waals surface area contributed by atoms with Gasteiger partial charge in [0.2, 0.25) is 0 Å². The van der Waals surface area contributed by atoms with Crippen molar-refractivity contribution in [2.75, 3.05) is 18.5 Å². The molecule has 0 spiro atoms. The Labute approximate surface area is 118 Å². The molecule has 2 heteroatoms. The Hall–Kier alpha value is -1.02.